The average molecular weight is 660 g/mol. The van der Waals surface area contributed by atoms with Crippen LogP contribution in [0.2, 0.25) is 15.1 Å². The quantitative estimate of drug-likeness (QED) is 0.110. The van der Waals surface area contributed by atoms with Gasteiger partial charge in [0.25, 0.3) is 0 Å². The van der Waals surface area contributed by atoms with Gasteiger partial charge in [-0.15, -0.1) is 0 Å². The Bertz CT molecular complexity index is 1380. The van der Waals surface area contributed by atoms with Crippen molar-refractivity contribution in [3.63, 3.8) is 0 Å². The minimum Gasteiger partial charge on any atom is -0.462 e. The van der Waals surface area contributed by atoms with Gasteiger partial charge in [-0.05, 0) is 66.9 Å². The highest BCUT2D eigenvalue weighted by atomic mass is 35.5. The van der Waals surface area contributed by atoms with Gasteiger partial charge in [0.1, 0.15) is 0 Å². The Morgan fingerprint density at radius 3 is 1.41 bits per heavy atom. The second-order valence-electron chi connectivity index (χ2n) is 9.34. The van der Waals surface area contributed by atoms with Gasteiger partial charge in [0.15, 0.2) is 0 Å². The van der Waals surface area contributed by atoms with Crippen molar-refractivity contribution in [3.05, 3.63) is 142 Å². The maximum absolute atomic E-state index is 11.1. The van der Waals surface area contributed by atoms with Crippen LogP contribution in [0.25, 0.3) is 0 Å². The van der Waals surface area contributed by atoms with Gasteiger partial charge < -0.3 is 14.2 Å². The summed E-state index contributed by atoms with van der Waals surface area (Å²) in [6.45, 7) is 14.7. The molecule has 0 heterocycles. The number of carbonyl (C=O) groups is 3. The number of benzene rings is 3. The molecule has 0 fully saturated rings. The molecule has 0 saturated heterocycles. The summed E-state index contributed by atoms with van der Waals surface area (Å²) < 4.78 is 14.8. The van der Waals surface area contributed by atoms with E-state index in [4.69, 9.17) is 49.0 Å². The zero-order valence-corrected chi connectivity index (χ0v) is 27.2. The standard InChI is InChI=1S/2C12H13ClO2.C11H11ClO2/c1-9(2)12(14)15-8-7-10-3-5-11(13)6-4-10;1-9(2)12(14)15-7-6-10-4-3-5-11(13)8-10;1-2-11(13)14-8-7-9-3-5-10(12)6-4-9/h3-6H,1,7-8H2,2H3;3-5,8H,1,6-7H2,2H3;2-6H,1,7-8H2. The van der Waals surface area contributed by atoms with Crippen LogP contribution >= 0.6 is 34.8 Å². The summed E-state index contributed by atoms with van der Waals surface area (Å²) in [5, 5.41) is 2.10. The smallest absolute Gasteiger partial charge is 0.333 e. The third-order valence-corrected chi connectivity index (χ3v) is 6.20. The molecule has 0 aliphatic heterocycles. The predicted molar refractivity (Wildman–Crippen MR) is 178 cm³/mol. The molecule has 0 aliphatic carbocycles. The molecule has 0 aliphatic rings. The third kappa shape index (κ3) is 18.0. The fourth-order valence-electron chi connectivity index (χ4n) is 3.09. The van der Waals surface area contributed by atoms with E-state index >= 15 is 0 Å². The SMILES string of the molecule is C=C(C)C(=O)OCCc1ccc(Cl)cc1.C=C(C)C(=O)OCCc1cccc(Cl)c1.C=CC(=O)OCCc1ccc(Cl)cc1. The molecular weight excluding hydrogens is 623 g/mol. The monoisotopic (exact) mass is 658 g/mol. The van der Waals surface area contributed by atoms with Gasteiger partial charge >= 0.3 is 17.9 Å². The first kappa shape index (κ1) is 38.2. The first-order chi connectivity index (χ1) is 20.9. The van der Waals surface area contributed by atoms with Crippen molar-refractivity contribution in [3.8, 4) is 0 Å². The van der Waals surface area contributed by atoms with E-state index in [1.807, 2.05) is 72.8 Å². The second-order valence-corrected chi connectivity index (χ2v) is 10.6. The lowest BCUT2D eigenvalue weighted by Crippen LogP contribution is -2.07. The number of hydrogen-bond acceptors (Lipinski definition) is 6. The van der Waals surface area contributed by atoms with Crippen LogP contribution in [0.1, 0.15) is 30.5 Å². The van der Waals surface area contributed by atoms with Gasteiger partial charge in [0, 0.05) is 51.6 Å². The molecule has 9 heteroatoms. The summed E-state index contributed by atoms with van der Waals surface area (Å²) >= 11 is 17.3. The van der Waals surface area contributed by atoms with Crippen LogP contribution in [-0.4, -0.2) is 37.7 Å². The summed E-state index contributed by atoms with van der Waals surface area (Å²) in [6.07, 6.45) is 3.20. The largest absolute Gasteiger partial charge is 0.462 e. The van der Waals surface area contributed by atoms with E-state index in [-0.39, 0.29) is 17.9 Å². The number of esters is 3. The van der Waals surface area contributed by atoms with Gasteiger partial charge in [-0.25, -0.2) is 14.4 Å². The minimum atomic E-state index is -0.390. The molecule has 0 aromatic heterocycles. The minimum absolute atomic E-state index is 0.344. The molecule has 0 radical (unpaired) electrons. The molecule has 3 aromatic rings. The van der Waals surface area contributed by atoms with Crippen LogP contribution in [-0.2, 0) is 47.9 Å². The van der Waals surface area contributed by atoms with Crippen molar-refractivity contribution < 1.29 is 28.6 Å². The summed E-state index contributed by atoms with van der Waals surface area (Å²) in [4.78, 5) is 32.8. The number of hydrogen-bond donors (Lipinski definition) is 0. The molecule has 234 valence electrons. The first-order valence-electron chi connectivity index (χ1n) is 13.6. The Morgan fingerprint density at radius 2 is 1.02 bits per heavy atom. The van der Waals surface area contributed by atoms with Gasteiger partial charge in [-0.1, -0.05) is 90.9 Å². The van der Waals surface area contributed by atoms with Crippen molar-refractivity contribution in [1.82, 2.24) is 0 Å². The van der Waals surface area contributed by atoms with Crippen molar-refractivity contribution in [2.24, 2.45) is 0 Å². The molecule has 0 atom stereocenters. The molecular formula is C35H37Cl3O6. The molecule has 0 saturated carbocycles. The molecule has 0 N–H and O–H groups in total. The van der Waals surface area contributed by atoms with E-state index in [0.29, 0.717) is 65.3 Å². The highest BCUT2D eigenvalue weighted by Crippen LogP contribution is 2.12. The molecule has 0 spiro atoms. The molecule has 6 nitrogen and oxygen atoms in total. The van der Waals surface area contributed by atoms with Crippen molar-refractivity contribution in [1.29, 1.82) is 0 Å². The van der Waals surface area contributed by atoms with Gasteiger partial charge in [0.2, 0.25) is 0 Å². The Morgan fingerprint density at radius 1 is 0.614 bits per heavy atom. The van der Waals surface area contributed by atoms with Gasteiger partial charge in [-0.3, -0.25) is 0 Å². The lowest BCUT2D eigenvalue weighted by molar-refractivity contribution is -0.139. The van der Waals surface area contributed by atoms with Crippen LogP contribution in [0.4, 0.5) is 0 Å². The van der Waals surface area contributed by atoms with E-state index in [0.717, 1.165) is 22.8 Å². The second kappa shape index (κ2) is 21.8. The van der Waals surface area contributed by atoms with Crippen molar-refractivity contribution >= 4 is 52.7 Å². The Kier molecular flexibility index (Phi) is 18.9. The first-order valence-corrected chi connectivity index (χ1v) is 14.7. The average Bonchev–Trinajstić information content (AvgIpc) is 2.99. The van der Waals surface area contributed by atoms with E-state index in [1.165, 1.54) is 0 Å². The van der Waals surface area contributed by atoms with Crippen molar-refractivity contribution in [2.75, 3.05) is 19.8 Å². The van der Waals surface area contributed by atoms with Crippen LogP contribution in [0.15, 0.2) is 110 Å². The van der Waals surface area contributed by atoms with Crippen LogP contribution in [0.3, 0.4) is 0 Å². The van der Waals surface area contributed by atoms with E-state index in [2.05, 4.69) is 19.7 Å². The van der Waals surface area contributed by atoms with Gasteiger partial charge in [0.05, 0.1) is 19.8 Å². The lowest BCUT2D eigenvalue weighted by atomic mass is 10.2. The van der Waals surface area contributed by atoms with E-state index in [9.17, 15) is 14.4 Å². The number of rotatable bonds is 12. The van der Waals surface area contributed by atoms with Crippen LogP contribution in [0.5, 0.6) is 0 Å². The zero-order chi connectivity index (χ0) is 32.9. The molecule has 0 bridgehead atoms. The maximum Gasteiger partial charge on any atom is 0.333 e. The Hall–Kier alpha value is -3.84. The fraction of sp³-hybridized carbons (Fsp3) is 0.229. The molecule has 3 rings (SSSR count). The zero-order valence-electron chi connectivity index (χ0n) is 25.0. The Balaban J connectivity index is 0.000000330. The molecule has 3 aromatic carbocycles. The summed E-state index contributed by atoms with van der Waals surface area (Å²) in [5.74, 6) is -1.08. The molecule has 0 amide bonds. The Labute approximate surface area is 274 Å². The van der Waals surface area contributed by atoms with Crippen molar-refractivity contribution in [2.45, 2.75) is 33.1 Å². The summed E-state index contributed by atoms with van der Waals surface area (Å²) in [5.41, 5.74) is 4.07. The highest BCUT2D eigenvalue weighted by Gasteiger charge is 2.04. The molecule has 0 unspecified atom stereocenters. The number of carbonyl (C=O) groups excluding carboxylic acids is 3. The summed E-state index contributed by atoms with van der Waals surface area (Å²) in [6, 6.07) is 22.4. The lowest BCUT2D eigenvalue weighted by Gasteiger charge is -2.04. The van der Waals surface area contributed by atoms with Crippen LogP contribution in [0, 0.1) is 0 Å². The van der Waals surface area contributed by atoms with E-state index < -0.39 is 0 Å². The number of halogens is 3. The molecule has 44 heavy (non-hydrogen) atoms. The summed E-state index contributed by atoms with van der Waals surface area (Å²) in [7, 11) is 0. The fourth-order valence-corrected chi connectivity index (χ4v) is 3.56. The van der Waals surface area contributed by atoms with E-state index in [1.54, 1.807) is 13.8 Å². The number of ether oxygens (including phenoxy) is 3. The normalized spacial score (nSPS) is 9.66. The highest BCUT2D eigenvalue weighted by molar-refractivity contribution is 6.31. The predicted octanol–water partition coefficient (Wildman–Crippen LogP) is 8.62. The topological polar surface area (TPSA) is 78.9 Å². The third-order valence-electron chi connectivity index (χ3n) is 5.46. The maximum atomic E-state index is 11.1. The van der Waals surface area contributed by atoms with Gasteiger partial charge in [-0.2, -0.15) is 0 Å². The van der Waals surface area contributed by atoms with Crippen LogP contribution < -0.4 is 0 Å².